The number of hydrogen-bond donors (Lipinski definition) is 0. The Morgan fingerprint density at radius 3 is 1.79 bits per heavy atom. The molecule has 66 heavy (non-hydrogen) atoms. The van der Waals surface area contributed by atoms with Gasteiger partial charge in [-0.3, -0.25) is 4.57 Å². The van der Waals surface area contributed by atoms with Gasteiger partial charge in [-0.1, -0.05) is 159 Å². The van der Waals surface area contributed by atoms with Gasteiger partial charge in [0.1, 0.15) is 11.2 Å². The SMILES string of the molecule is CC1(C)c2ccccc2-c2c1ccc1c2c2ccccc2n1-c1cccc(-c2nc(-c3ccc4c(c3)oc3cccc(-c5ccccc5)c34)nc(-n3c4ccccc4c4ccccc43)n2)c1. The first kappa shape index (κ1) is 36.8. The van der Waals surface area contributed by atoms with Crippen LogP contribution in [0.3, 0.4) is 0 Å². The van der Waals surface area contributed by atoms with Gasteiger partial charge in [-0.15, -0.1) is 0 Å². The van der Waals surface area contributed by atoms with Gasteiger partial charge in [0.05, 0.1) is 22.1 Å². The minimum atomic E-state index is -0.103. The number of rotatable bonds is 5. The molecule has 14 rings (SSSR count). The molecule has 13 aromatic rings. The Morgan fingerprint density at radius 1 is 0.394 bits per heavy atom. The van der Waals surface area contributed by atoms with Crippen molar-refractivity contribution in [2.24, 2.45) is 0 Å². The van der Waals surface area contributed by atoms with Crippen LogP contribution in [0.2, 0.25) is 0 Å². The lowest BCUT2D eigenvalue weighted by Crippen LogP contribution is -2.14. The van der Waals surface area contributed by atoms with E-state index in [1.807, 2.05) is 12.1 Å². The fraction of sp³-hybridized carbons (Fsp3) is 0.0500. The normalized spacial score (nSPS) is 13.1. The minimum Gasteiger partial charge on any atom is -0.456 e. The Bertz CT molecular complexity index is 4100. The summed E-state index contributed by atoms with van der Waals surface area (Å²) in [6.07, 6.45) is 0. The van der Waals surface area contributed by atoms with Crippen LogP contribution in [0.5, 0.6) is 0 Å². The summed E-state index contributed by atoms with van der Waals surface area (Å²) in [5.41, 5.74) is 16.3. The Labute approximate surface area is 379 Å². The molecule has 0 spiro atoms. The third-order valence-corrected chi connectivity index (χ3v) is 14.0. The van der Waals surface area contributed by atoms with Crippen LogP contribution in [-0.4, -0.2) is 24.1 Å². The largest absolute Gasteiger partial charge is 0.456 e. The predicted octanol–water partition coefficient (Wildman–Crippen LogP) is 15.3. The third kappa shape index (κ3) is 5.21. The summed E-state index contributed by atoms with van der Waals surface area (Å²) >= 11 is 0. The average Bonchev–Trinajstić information content (AvgIpc) is 4.09. The van der Waals surface area contributed by atoms with Gasteiger partial charge in [-0.05, 0) is 88.0 Å². The molecule has 0 bridgehead atoms. The molecule has 9 aromatic carbocycles. The van der Waals surface area contributed by atoms with Crippen molar-refractivity contribution < 1.29 is 4.42 Å². The van der Waals surface area contributed by atoms with E-state index in [-0.39, 0.29) is 5.41 Å². The predicted molar refractivity (Wildman–Crippen MR) is 270 cm³/mol. The Kier molecular flexibility index (Phi) is 7.64. The topological polar surface area (TPSA) is 61.7 Å². The Balaban J connectivity index is 0.987. The summed E-state index contributed by atoms with van der Waals surface area (Å²) in [7, 11) is 0. The standard InChI is InChI=1S/C60H39N5O/c1-60(2)46-25-10-6-22-43(46)55-47(60)32-33-51-56(55)44-23-9-13-28-50(44)64(51)39-19-14-18-37(34-39)57-61-58(63-59(62-57)65-48-26-11-7-20-41(48)42-21-8-12-27-49(42)65)38-30-31-45-53(35-38)66-52-29-15-24-40(54(45)52)36-16-4-3-5-17-36/h3-35H,1-2H3. The molecule has 6 heteroatoms. The van der Waals surface area contributed by atoms with Gasteiger partial charge in [0.2, 0.25) is 5.95 Å². The zero-order valence-corrected chi connectivity index (χ0v) is 36.2. The second-order valence-electron chi connectivity index (χ2n) is 18.0. The summed E-state index contributed by atoms with van der Waals surface area (Å²) in [6.45, 7) is 4.69. The monoisotopic (exact) mass is 845 g/mol. The Hall–Kier alpha value is -8.61. The van der Waals surface area contributed by atoms with E-state index in [2.05, 4.69) is 211 Å². The summed E-state index contributed by atoms with van der Waals surface area (Å²) < 4.78 is 11.2. The van der Waals surface area contributed by atoms with Crippen LogP contribution in [0, 0.1) is 0 Å². The lowest BCUT2D eigenvalue weighted by molar-refractivity contribution is 0.661. The first-order chi connectivity index (χ1) is 32.5. The number of aromatic nitrogens is 5. The number of benzene rings is 9. The fourth-order valence-electron chi connectivity index (χ4n) is 11.0. The first-order valence-corrected chi connectivity index (χ1v) is 22.5. The molecule has 0 unspecified atom stereocenters. The van der Waals surface area contributed by atoms with Crippen molar-refractivity contribution in [3.05, 3.63) is 211 Å². The van der Waals surface area contributed by atoms with Crippen molar-refractivity contribution in [3.63, 3.8) is 0 Å². The molecule has 0 fully saturated rings. The maximum Gasteiger partial charge on any atom is 0.238 e. The van der Waals surface area contributed by atoms with Crippen LogP contribution in [0.1, 0.15) is 25.0 Å². The highest BCUT2D eigenvalue weighted by Crippen LogP contribution is 2.53. The number of hydrogen-bond acceptors (Lipinski definition) is 4. The van der Waals surface area contributed by atoms with Crippen LogP contribution in [0.25, 0.3) is 122 Å². The molecular weight excluding hydrogens is 807 g/mol. The summed E-state index contributed by atoms with van der Waals surface area (Å²) in [5.74, 6) is 1.68. The summed E-state index contributed by atoms with van der Waals surface area (Å²) in [6, 6.07) is 71.0. The summed E-state index contributed by atoms with van der Waals surface area (Å²) in [4.78, 5) is 16.0. The first-order valence-electron chi connectivity index (χ1n) is 22.5. The molecule has 310 valence electrons. The average molecular weight is 846 g/mol. The van der Waals surface area contributed by atoms with E-state index >= 15 is 0 Å². The molecule has 0 radical (unpaired) electrons. The van der Waals surface area contributed by atoms with E-state index in [1.165, 1.54) is 33.0 Å². The van der Waals surface area contributed by atoms with Crippen molar-refractivity contribution in [2.45, 2.75) is 19.3 Å². The lowest BCUT2D eigenvalue weighted by atomic mass is 9.82. The second kappa shape index (κ2) is 13.7. The van der Waals surface area contributed by atoms with Crippen LogP contribution < -0.4 is 0 Å². The van der Waals surface area contributed by atoms with Crippen LogP contribution in [0.15, 0.2) is 205 Å². The van der Waals surface area contributed by atoms with Gasteiger partial charge in [-0.25, -0.2) is 4.98 Å². The zero-order valence-electron chi connectivity index (χ0n) is 36.2. The molecule has 6 nitrogen and oxygen atoms in total. The van der Waals surface area contributed by atoms with Crippen molar-refractivity contribution in [1.29, 1.82) is 0 Å². The molecule has 0 amide bonds. The molecule has 0 saturated carbocycles. The molecule has 1 aliphatic rings. The van der Waals surface area contributed by atoms with Crippen molar-refractivity contribution in [3.8, 4) is 56.7 Å². The van der Waals surface area contributed by atoms with E-state index in [4.69, 9.17) is 19.4 Å². The van der Waals surface area contributed by atoms with Gasteiger partial charge in [-0.2, -0.15) is 9.97 Å². The molecule has 0 aliphatic heterocycles. The lowest BCUT2D eigenvalue weighted by Gasteiger charge is -2.21. The molecule has 4 aromatic heterocycles. The second-order valence-corrected chi connectivity index (χ2v) is 18.0. The highest BCUT2D eigenvalue weighted by molar-refractivity contribution is 6.18. The van der Waals surface area contributed by atoms with E-state index in [1.54, 1.807) is 0 Å². The van der Waals surface area contributed by atoms with Gasteiger partial charge in [0, 0.05) is 54.5 Å². The molecule has 4 heterocycles. The molecule has 0 N–H and O–H groups in total. The highest BCUT2D eigenvalue weighted by Gasteiger charge is 2.37. The summed E-state index contributed by atoms with van der Waals surface area (Å²) in [5, 5.41) is 6.92. The van der Waals surface area contributed by atoms with E-state index in [0.717, 1.165) is 82.7 Å². The number of para-hydroxylation sites is 3. The molecule has 0 atom stereocenters. The maximum atomic E-state index is 6.62. The number of fused-ring (bicyclic) bond motifs is 13. The molecular formula is C60H39N5O. The quantitative estimate of drug-likeness (QED) is 0.173. The van der Waals surface area contributed by atoms with Crippen LogP contribution >= 0.6 is 0 Å². The van der Waals surface area contributed by atoms with E-state index < -0.39 is 0 Å². The number of nitrogens with zero attached hydrogens (tertiary/aromatic N) is 5. The van der Waals surface area contributed by atoms with Gasteiger partial charge in [0.15, 0.2) is 11.6 Å². The van der Waals surface area contributed by atoms with Crippen molar-refractivity contribution >= 4 is 65.6 Å². The van der Waals surface area contributed by atoms with Crippen molar-refractivity contribution in [1.82, 2.24) is 24.1 Å². The van der Waals surface area contributed by atoms with Crippen molar-refractivity contribution in [2.75, 3.05) is 0 Å². The maximum absolute atomic E-state index is 6.62. The third-order valence-electron chi connectivity index (χ3n) is 14.0. The molecule has 0 saturated heterocycles. The Morgan fingerprint density at radius 2 is 1.02 bits per heavy atom. The van der Waals surface area contributed by atoms with Crippen LogP contribution in [-0.2, 0) is 5.41 Å². The van der Waals surface area contributed by atoms with Crippen LogP contribution in [0.4, 0.5) is 0 Å². The van der Waals surface area contributed by atoms with E-state index in [0.29, 0.717) is 17.6 Å². The van der Waals surface area contributed by atoms with Gasteiger partial charge in [0.25, 0.3) is 0 Å². The van der Waals surface area contributed by atoms with Gasteiger partial charge < -0.3 is 8.98 Å². The fourth-order valence-corrected chi connectivity index (χ4v) is 11.0. The zero-order chi connectivity index (χ0) is 43.7. The van der Waals surface area contributed by atoms with E-state index in [9.17, 15) is 0 Å². The smallest absolute Gasteiger partial charge is 0.238 e. The highest BCUT2D eigenvalue weighted by atomic mass is 16.3. The minimum absolute atomic E-state index is 0.103. The van der Waals surface area contributed by atoms with Gasteiger partial charge >= 0.3 is 0 Å². The number of furan rings is 1. The molecule has 1 aliphatic carbocycles.